The zero-order valence-corrected chi connectivity index (χ0v) is 30.7. The highest BCUT2D eigenvalue weighted by Crippen LogP contribution is 2.04. The van der Waals surface area contributed by atoms with Gasteiger partial charge < -0.3 is 80.0 Å². The standard InChI is InChI=1S/C30H53N11O14/c1-12(2)21(31)27(52)39-16(8-20(46)47)25(50)38-15(6-5-7-34-30(32)33)24(49)35-9-19(45)37-17(10-42)26(51)36-13(3)23(48)41-22(14(4)44)28(53)40-18(11-43)29(54)55/h12-18,21-22,42-44H,5-11,31H2,1-4H3,(H,35,49)(H,36,51)(H,37,45)(H,38,50)(H,39,52)(H,40,53)(H,41,48)(H,46,47)(H,54,55)(H4,32,33,34)/t13-,14+,15-,16-,17-,18-,21-,22-/m0/s1. The molecule has 0 unspecified atom stereocenters. The molecular weight excluding hydrogens is 738 g/mol. The van der Waals surface area contributed by atoms with E-state index in [1.165, 1.54) is 0 Å². The van der Waals surface area contributed by atoms with E-state index in [1.807, 2.05) is 5.32 Å². The van der Waals surface area contributed by atoms with Gasteiger partial charge in [-0.25, -0.2) is 4.79 Å². The summed E-state index contributed by atoms with van der Waals surface area (Å²) in [6, 6.07) is -10.8. The van der Waals surface area contributed by atoms with Crippen LogP contribution in [0.15, 0.2) is 4.99 Å². The van der Waals surface area contributed by atoms with Crippen molar-refractivity contribution in [2.75, 3.05) is 26.3 Å². The van der Waals surface area contributed by atoms with Gasteiger partial charge in [0, 0.05) is 6.54 Å². The molecule has 0 aliphatic heterocycles. The van der Waals surface area contributed by atoms with Gasteiger partial charge in [0.1, 0.15) is 36.3 Å². The largest absolute Gasteiger partial charge is 0.481 e. The molecule has 0 radical (unpaired) electrons. The number of aliphatic imine (C=N–C) groups is 1. The summed E-state index contributed by atoms with van der Waals surface area (Å²) in [4.78, 5) is 116. The molecule has 0 aliphatic carbocycles. The van der Waals surface area contributed by atoms with Crippen LogP contribution in [0.25, 0.3) is 0 Å². The monoisotopic (exact) mass is 791 g/mol. The van der Waals surface area contributed by atoms with E-state index in [1.54, 1.807) is 13.8 Å². The number of carbonyl (C=O) groups is 9. The van der Waals surface area contributed by atoms with Gasteiger partial charge in [-0.2, -0.15) is 0 Å². The molecule has 25 nitrogen and oxygen atoms in total. The SMILES string of the molecule is CC(C)[C@H](N)C(=O)N[C@@H](CC(=O)O)C(=O)N[C@@H](CCCN=C(N)N)C(=O)NCC(=O)N[C@@H](CO)C(=O)N[C@@H](C)C(=O)N[C@H](C(=O)N[C@@H](CO)C(=O)O)[C@@H](C)O. The molecule has 0 rings (SSSR count). The van der Waals surface area contributed by atoms with E-state index in [2.05, 4.69) is 36.9 Å². The summed E-state index contributed by atoms with van der Waals surface area (Å²) in [7, 11) is 0. The Balaban J connectivity index is 5.62. The first-order chi connectivity index (χ1) is 25.5. The van der Waals surface area contributed by atoms with Crippen LogP contribution in [-0.2, 0) is 43.2 Å². The summed E-state index contributed by atoms with van der Waals surface area (Å²) in [5, 5.41) is 62.2. The molecule has 0 aromatic heterocycles. The van der Waals surface area contributed by atoms with Crippen LogP contribution in [0.2, 0.25) is 0 Å². The number of aliphatic carboxylic acids is 2. The van der Waals surface area contributed by atoms with E-state index in [9.17, 15) is 58.5 Å². The fourth-order valence-corrected chi connectivity index (χ4v) is 4.24. The molecule has 0 fully saturated rings. The summed E-state index contributed by atoms with van der Waals surface area (Å²) in [5.41, 5.74) is 16.4. The van der Waals surface area contributed by atoms with E-state index in [-0.39, 0.29) is 31.3 Å². The number of nitrogens with one attached hydrogen (secondary N) is 7. The highest BCUT2D eigenvalue weighted by atomic mass is 16.4. The van der Waals surface area contributed by atoms with Gasteiger partial charge >= 0.3 is 11.9 Å². The number of carboxylic acid groups (broad SMARTS) is 2. The fraction of sp³-hybridized carbons (Fsp3) is 0.667. The van der Waals surface area contributed by atoms with Crippen molar-refractivity contribution >= 4 is 59.2 Å². The summed E-state index contributed by atoms with van der Waals surface area (Å²) in [5.74, 6) is -10.9. The quantitative estimate of drug-likeness (QED) is 0.0232. The van der Waals surface area contributed by atoms with Gasteiger partial charge in [0.15, 0.2) is 5.96 Å². The van der Waals surface area contributed by atoms with E-state index >= 15 is 0 Å². The molecule has 0 aliphatic rings. The summed E-state index contributed by atoms with van der Waals surface area (Å²) in [6.07, 6.45) is -2.47. The number of rotatable bonds is 25. The number of nitrogens with two attached hydrogens (primary N) is 3. The van der Waals surface area contributed by atoms with Gasteiger partial charge in [0.05, 0.1) is 38.3 Å². The molecule has 18 N–H and O–H groups in total. The molecule has 0 bridgehead atoms. The van der Waals surface area contributed by atoms with Crippen molar-refractivity contribution in [2.45, 2.75) is 95.4 Å². The third-order valence-corrected chi connectivity index (χ3v) is 7.48. The van der Waals surface area contributed by atoms with Crippen molar-refractivity contribution in [3.8, 4) is 0 Å². The molecule has 0 aromatic rings. The lowest BCUT2D eigenvalue weighted by molar-refractivity contribution is -0.144. The number of hydrogen-bond acceptors (Lipinski definition) is 14. The molecule has 0 saturated carbocycles. The number of amides is 7. The predicted molar refractivity (Wildman–Crippen MR) is 189 cm³/mol. The number of guanidine groups is 1. The Labute approximate surface area is 315 Å². The van der Waals surface area contributed by atoms with Crippen molar-refractivity contribution in [1.82, 2.24) is 37.2 Å². The van der Waals surface area contributed by atoms with Crippen molar-refractivity contribution in [3.63, 3.8) is 0 Å². The van der Waals surface area contributed by atoms with Gasteiger partial charge in [-0.3, -0.25) is 43.3 Å². The number of hydrogen-bond donors (Lipinski definition) is 15. The van der Waals surface area contributed by atoms with Crippen molar-refractivity contribution in [2.24, 2.45) is 28.1 Å². The van der Waals surface area contributed by atoms with Crippen LogP contribution < -0.4 is 54.4 Å². The number of carboxylic acids is 2. The molecule has 55 heavy (non-hydrogen) atoms. The Bertz CT molecular complexity index is 1410. The van der Waals surface area contributed by atoms with E-state index in [0.29, 0.717) is 0 Å². The second-order valence-electron chi connectivity index (χ2n) is 12.5. The van der Waals surface area contributed by atoms with Crippen LogP contribution in [0.5, 0.6) is 0 Å². The molecule has 25 heteroatoms. The molecule has 7 amide bonds. The zero-order valence-electron chi connectivity index (χ0n) is 30.7. The van der Waals surface area contributed by atoms with Gasteiger partial charge in [0.2, 0.25) is 41.4 Å². The first kappa shape index (κ1) is 49.3. The maximum Gasteiger partial charge on any atom is 0.328 e. The number of carbonyl (C=O) groups excluding carboxylic acids is 7. The smallest absolute Gasteiger partial charge is 0.328 e. The number of aliphatic hydroxyl groups is 3. The average molecular weight is 792 g/mol. The highest BCUT2D eigenvalue weighted by molar-refractivity contribution is 5.97. The second kappa shape index (κ2) is 24.6. The van der Waals surface area contributed by atoms with Crippen molar-refractivity contribution in [3.05, 3.63) is 0 Å². The minimum Gasteiger partial charge on any atom is -0.481 e. The van der Waals surface area contributed by atoms with Gasteiger partial charge in [-0.05, 0) is 32.6 Å². The highest BCUT2D eigenvalue weighted by Gasteiger charge is 2.33. The molecule has 0 spiro atoms. The Morgan fingerprint density at radius 2 is 1.20 bits per heavy atom. The van der Waals surface area contributed by atoms with Crippen molar-refractivity contribution in [1.29, 1.82) is 0 Å². The molecule has 0 aromatic carbocycles. The summed E-state index contributed by atoms with van der Waals surface area (Å²) < 4.78 is 0. The maximum absolute atomic E-state index is 13.1. The van der Waals surface area contributed by atoms with Crippen LogP contribution in [0.1, 0.15) is 47.0 Å². The first-order valence-electron chi connectivity index (χ1n) is 16.8. The second-order valence-corrected chi connectivity index (χ2v) is 12.5. The van der Waals surface area contributed by atoms with Gasteiger partial charge in [0.25, 0.3) is 0 Å². The van der Waals surface area contributed by atoms with Crippen LogP contribution in [-0.4, -0.2) is 159 Å². The van der Waals surface area contributed by atoms with Crippen LogP contribution in [0.3, 0.4) is 0 Å². The minimum absolute atomic E-state index is 0.00647. The lowest BCUT2D eigenvalue weighted by Gasteiger charge is -2.25. The Hall–Kier alpha value is -5.66. The summed E-state index contributed by atoms with van der Waals surface area (Å²) in [6.45, 7) is 2.68. The predicted octanol–water partition coefficient (Wildman–Crippen LogP) is -8.01. The maximum atomic E-state index is 13.1. The first-order valence-corrected chi connectivity index (χ1v) is 16.8. The Kier molecular flexibility index (Phi) is 22.1. The van der Waals surface area contributed by atoms with E-state index in [0.717, 1.165) is 13.8 Å². The topological polar surface area (TPSA) is 429 Å². The average Bonchev–Trinajstić information content (AvgIpc) is 3.09. The lowest BCUT2D eigenvalue weighted by atomic mass is 10.0. The van der Waals surface area contributed by atoms with Crippen LogP contribution >= 0.6 is 0 Å². The number of aliphatic hydroxyl groups excluding tert-OH is 3. The lowest BCUT2D eigenvalue weighted by Crippen LogP contribution is -2.60. The van der Waals surface area contributed by atoms with Gasteiger partial charge in [-0.1, -0.05) is 13.8 Å². The third-order valence-electron chi connectivity index (χ3n) is 7.48. The van der Waals surface area contributed by atoms with Crippen molar-refractivity contribution < 1.29 is 68.7 Å². The van der Waals surface area contributed by atoms with E-state index < -0.39 is 128 Å². The number of nitrogens with zero attached hydrogens (tertiary/aromatic N) is 1. The van der Waals surface area contributed by atoms with Crippen LogP contribution in [0, 0.1) is 5.92 Å². The zero-order chi connectivity index (χ0) is 42.6. The molecule has 312 valence electrons. The molecule has 0 saturated heterocycles. The molecule has 8 atom stereocenters. The van der Waals surface area contributed by atoms with Gasteiger partial charge in [-0.15, -0.1) is 0 Å². The third kappa shape index (κ3) is 18.8. The van der Waals surface area contributed by atoms with E-state index in [4.69, 9.17) is 27.4 Å². The van der Waals surface area contributed by atoms with Crippen LogP contribution in [0.4, 0.5) is 0 Å². The minimum atomic E-state index is -1.74. The Morgan fingerprint density at radius 1 is 0.655 bits per heavy atom. The molecule has 0 heterocycles. The normalized spacial score (nSPS) is 15.2. The summed E-state index contributed by atoms with van der Waals surface area (Å²) >= 11 is 0. The molecular formula is C30H53N11O14. The fourth-order valence-electron chi connectivity index (χ4n) is 4.24. The Morgan fingerprint density at radius 3 is 1.69 bits per heavy atom.